The Bertz CT molecular complexity index is 1270. The van der Waals surface area contributed by atoms with Crippen LogP contribution in [-0.2, 0) is 19.4 Å². The van der Waals surface area contributed by atoms with Crippen LogP contribution in [0.2, 0.25) is 0 Å². The van der Waals surface area contributed by atoms with Gasteiger partial charge in [0.05, 0.1) is 17.0 Å². The normalized spacial score (nSPS) is 12.9. The summed E-state index contributed by atoms with van der Waals surface area (Å²) < 4.78 is 27.6. The highest BCUT2D eigenvalue weighted by atomic mass is 32.1. The molecule has 0 aliphatic rings. The molecule has 2 heterocycles. The fourth-order valence-electron chi connectivity index (χ4n) is 3.98. The molecule has 0 radical (unpaired) electrons. The number of carbonyl (C=O) groups is 1. The molecule has 2 atom stereocenters. The summed E-state index contributed by atoms with van der Waals surface area (Å²) in [6.07, 6.45) is 0.0371. The third kappa shape index (κ3) is 7.07. The quantitative estimate of drug-likeness (QED) is 0.231. The van der Waals surface area contributed by atoms with Gasteiger partial charge < -0.3 is 15.7 Å². The van der Waals surface area contributed by atoms with Crippen molar-refractivity contribution in [1.82, 2.24) is 10.6 Å². The van der Waals surface area contributed by atoms with Crippen LogP contribution in [0, 0.1) is 11.6 Å². The summed E-state index contributed by atoms with van der Waals surface area (Å²) in [4.78, 5) is 15.6. The summed E-state index contributed by atoms with van der Waals surface area (Å²) >= 11 is 2.96. The van der Waals surface area contributed by atoms with E-state index < -0.39 is 23.8 Å². The van der Waals surface area contributed by atoms with Crippen molar-refractivity contribution in [1.29, 1.82) is 0 Å². The molecule has 0 bridgehead atoms. The second kappa shape index (κ2) is 12.4. The highest BCUT2D eigenvalue weighted by Gasteiger charge is 2.24. The molecular formula is C28H28F2N2O2S2. The van der Waals surface area contributed by atoms with Gasteiger partial charge in [-0.15, -0.1) is 22.7 Å². The van der Waals surface area contributed by atoms with Gasteiger partial charge in [-0.25, -0.2) is 8.78 Å². The number of aliphatic hydroxyl groups excluding tert-OH is 1. The number of benzene rings is 2. The van der Waals surface area contributed by atoms with E-state index in [-0.39, 0.29) is 18.9 Å². The third-order valence-electron chi connectivity index (χ3n) is 5.83. The molecule has 0 aliphatic carbocycles. The van der Waals surface area contributed by atoms with Crippen molar-refractivity contribution in [3.8, 4) is 9.75 Å². The van der Waals surface area contributed by atoms with Gasteiger partial charge in [-0.3, -0.25) is 4.79 Å². The molecule has 8 heteroatoms. The molecule has 2 aromatic carbocycles. The van der Waals surface area contributed by atoms with E-state index in [4.69, 9.17) is 0 Å². The minimum atomic E-state index is -0.980. The van der Waals surface area contributed by atoms with Gasteiger partial charge in [0.15, 0.2) is 0 Å². The summed E-state index contributed by atoms with van der Waals surface area (Å²) in [6.45, 7) is 2.84. The third-order valence-corrected chi connectivity index (χ3v) is 7.98. The second-order valence-corrected chi connectivity index (χ2v) is 10.6. The number of rotatable bonds is 11. The van der Waals surface area contributed by atoms with Crippen LogP contribution in [0.25, 0.3) is 9.75 Å². The van der Waals surface area contributed by atoms with Gasteiger partial charge in [-0.2, -0.15) is 0 Å². The Morgan fingerprint density at radius 1 is 0.944 bits per heavy atom. The van der Waals surface area contributed by atoms with E-state index in [1.165, 1.54) is 29.0 Å². The first-order valence-corrected chi connectivity index (χ1v) is 13.5. The van der Waals surface area contributed by atoms with Crippen LogP contribution in [0.3, 0.4) is 0 Å². The highest BCUT2D eigenvalue weighted by molar-refractivity contribution is 7.22. The van der Waals surface area contributed by atoms with Crippen LogP contribution < -0.4 is 10.6 Å². The highest BCUT2D eigenvalue weighted by Crippen LogP contribution is 2.31. The number of amides is 1. The lowest BCUT2D eigenvalue weighted by Crippen LogP contribution is -2.48. The Balaban J connectivity index is 1.45. The Kier molecular flexibility index (Phi) is 8.98. The first-order chi connectivity index (χ1) is 17.4. The van der Waals surface area contributed by atoms with Gasteiger partial charge in [-0.05, 0) is 65.2 Å². The maximum Gasteiger partial charge on any atom is 0.261 e. The van der Waals surface area contributed by atoms with Crippen LogP contribution >= 0.6 is 22.7 Å². The van der Waals surface area contributed by atoms with Gasteiger partial charge in [0.2, 0.25) is 0 Å². The van der Waals surface area contributed by atoms with Crippen molar-refractivity contribution in [2.24, 2.45) is 0 Å². The van der Waals surface area contributed by atoms with Gasteiger partial charge in [0.1, 0.15) is 11.6 Å². The first-order valence-electron chi connectivity index (χ1n) is 11.8. The van der Waals surface area contributed by atoms with Crippen LogP contribution in [-0.4, -0.2) is 29.7 Å². The largest absolute Gasteiger partial charge is 0.390 e. The molecule has 0 saturated carbocycles. The van der Waals surface area contributed by atoms with Gasteiger partial charge in [-0.1, -0.05) is 37.3 Å². The summed E-state index contributed by atoms with van der Waals surface area (Å²) in [5.74, 6) is -1.73. The van der Waals surface area contributed by atoms with Crippen LogP contribution in [0.5, 0.6) is 0 Å². The molecule has 4 aromatic rings. The van der Waals surface area contributed by atoms with E-state index in [2.05, 4.69) is 29.7 Å². The Morgan fingerprint density at radius 3 is 2.44 bits per heavy atom. The standard InChI is InChI=1S/C28H28F2N2O2S2/c1-2-18-5-3-6-19(11-18)16-31-17-24(33)23(14-20-12-21(29)15-22(30)13-20)32-28(34)27-9-8-26(36-27)25-7-4-10-35-25/h3-13,15,23-24,31,33H,2,14,16-17H2,1H3,(H,32,34)/t23-,24+/m0/s1. The molecule has 4 nitrogen and oxygen atoms in total. The number of thiophene rings is 2. The van der Waals surface area contributed by atoms with Crippen LogP contribution in [0.4, 0.5) is 8.78 Å². The molecule has 0 spiro atoms. The van der Waals surface area contributed by atoms with Crippen LogP contribution in [0.1, 0.15) is 33.3 Å². The maximum absolute atomic E-state index is 13.8. The molecule has 4 rings (SSSR count). The van der Waals surface area contributed by atoms with E-state index in [1.54, 1.807) is 17.4 Å². The fourth-order valence-corrected chi connectivity index (χ4v) is 5.73. The summed E-state index contributed by atoms with van der Waals surface area (Å²) in [7, 11) is 0. The lowest BCUT2D eigenvalue weighted by molar-refractivity contribution is 0.0833. The molecule has 2 aromatic heterocycles. The molecule has 3 N–H and O–H groups in total. The second-order valence-electron chi connectivity index (χ2n) is 8.57. The number of aryl methyl sites for hydroxylation is 1. The van der Waals surface area contributed by atoms with Crippen molar-refractivity contribution < 1.29 is 18.7 Å². The van der Waals surface area contributed by atoms with E-state index in [0.717, 1.165) is 27.8 Å². The zero-order valence-corrected chi connectivity index (χ0v) is 21.5. The summed E-state index contributed by atoms with van der Waals surface area (Å²) in [5, 5.41) is 19.1. The number of halogens is 2. The maximum atomic E-state index is 13.8. The number of nitrogens with one attached hydrogen (secondary N) is 2. The lowest BCUT2D eigenvalue weighted by Gasteiger charge is -2.25. The van der Waals surface area contributed by atoms with E-state index >= 15 is 0 Å². The first kappa shape index (κ1) is 26.2. The number of carbonyl (C=O) groups excluding carboxylic acids is 1. The fraction of sp³-hybridized carbons (Fsp3) is 0.250. The lowest BCUT2D eigenvalue weighted by atomic mass is 10.0. The monoisotopic (exact) mass is 526 g/mol. The topological polar surface area (TPSA) is 61.4 Å². The molecule has 1 amide bonds. The average molecular weight is 527 g/mol. The molecule has 188 valence electrons. The van der Waals surface area contributed by atoms with E-state index in [0.29, 0.717) is 17.0 Å². The summed E-state index contributed by atoms with van der Waals surface area (Å²) in [5.41, 5.74) is 2.68. The zero-order chi connectivity index (χ0) is 25.5. The molecule has 0 unspecified atom stereocenters. The predicted molar refractivity (Wildman–Crippen MR) is 142 cm³/mol. The van der Waals surface area contributed by atoms with Crippen molar-refractivity contribution in [2.75, 3.05) is 6.54 Å². The Labute approximate surface area is 217 Å². The van der Waals surface area contributed by atoms with Crippen molar-refractivity contribution in [3.05, 3.63) is 105 Å². The smallest absolute Gasteiger partial charge is 0.261 e. The zero-order valence-electron chi connectivity index (χ0n) is 19.8. The minimum Gasteiger partial charge on any atom is -0.390 e. The molecule has 0 aliphatic heterocycles. The van der Waals surface area contributed by atoms with Crippen molar-refractivity contribution in [2.45, 2.75) is 38.5 Å². The average Bonchev–Trinajstić information content (AvgIpc) is 3.55. The van der Waals surface area contributed by atoms with Gasteiger partial charge in [0, 0.05) is 28.9 Å². The van der Waals surface area contributed by atoms with Crippen molar-refractivity contribution >= 4 is 28.6 Å². The van der Waals surface area contributed by atoms with Crippen LogP contribution in [0.15, 0.2) is 72.1 Å². The van der Waals surface area contributed by atoms with E-state index in [1.807, 2.05) is 35.7 Å². The van der Waals surface area contributed by atoms with Gasteiger partial charge >= 0.3 is 0 Å². The molecule has 0 saturated heterocycles. The molecule has 36 heavy (non-hydrogen) atoms. The Morgan fingerprint density at radius 2 is 1.72 bits per heavy atom. The SMILES string of the molecule is CCc1cccc(CNC[C@@H](O)[C@H](Cc2cc(F)cc(F)c2)NC(=O)c2ccc(-c3cccs3)s2)c1. The van der Waals surface area contributed by atoms with Crippen molar-refractivity contribution in [3.63, 3.8) is 0 Å². The molecular weight excluding hydrogens is 498 g/mol. The Hall–Kier alpha value is -2.91. The predicted octanol–water partition coefficient (Wildman–Crippen LogP) is 5.81. The number of aliphatic hydroxyl groups is 1. The minimum absolute atomic E-state index is 0.0811. The summed E-state index contributed by atoms with van der Waals surface area (Å²) in [6, 6.07) is 18.3. The number of hydrogen-bond acceptors (Lipinski definition) is 5. The number of hydrogen-bond donors (Lipinski definition) is 3. The van der Waals surface area contributed by atoms with E-state index in [9.17, 15) is 18.7 Å². The van der Waals surface area contributed by atoms with Gasteiger partial charge in [0.25, 0.3) is 5.91 Å². The molecule has 0 fully saturated rings.